The maximum absolute atomic E-state index is 12.7. The van der Waals surface area contributed by atoms with Crippen LogP contribution in [0, 0.1) is 0 Å². The van der Waals surface area contributed by atoms with Gasteiger partial charge in [-0.25, -0.2) is 4.79 Å². The molecule has 21 heavy (non-hydrogen) atoms. The summed E-state index contributed by atoms with van der Waals surface area (Å²) in [4.78, 5) is 11.8. The van der Waals surface area contributed by atoms with Crippen LogP contribution in [0.5, 0.6) is 0 Å². The van der Waals surface area contributed by atoms with Crippen molar-refractivity contribution in [2.24, 2.45) is 5.73 Å². The first kappa shape index (κ1) is 15.8. The lowest BCUT2D eigenvalue weighted by molar-refractivity contribution is -0.195. The second-order valence-electron chi connectivity index (χ2n) is 4.92. The van der Waals surface area contributed by atoms with Gasteiger partial charge < -0.3 is 15.2 Å². The summed E-state index contributed by atoms with van der Waals surface area (Å²) < 4.78 is 48.1. The molecule has 0 aliphatic heterocycles. The van der Waals surface area contributed by atoms with Gasteiger partial charge in [0.15, 0.2) is 6.10 Å². The molecule has 1 aliphatic carbocycles. The number of nitrogens with two attached hydrogens (primary N) is 1. The van der Waals surface area contributed by atoms with Crippen LogP contribution in [0.3, 0.4) is 0 Å². The van der Waals surface area contributed by atoms with Crippen LogP contribution in [0.1, 0.15) is 18.4 Å². The zero-order valence-corrected chi connectivity index (χ0v) is 11.2. The van der Waals surface area contributed by atoms with Gasteiger partial charge in [0.1, 0.15) is 12.1 Å². The first-order valence-corrected chi connectivity index (χ1v) is 6.56. The van der Waals surface area contributed by atoms with Gasteiger partial charge in [-0.1, -0.05) is 30.3 Å². The number of alkyl halides is 3. The summed E-state index contributed by atoms with van der Waals surface area (Å²) in [6, 6.07) is 6.17. The SMILES string of the molecule is N[C@H]([C@@H](OCc1ccccc1)C(=O)OC1CC1)C(F)(F)F. The third-order valence-corrected chi connectivity index (χ3v) is 3.02. The monoisotopic (exact) mass is 303 g/mol. The van der Waals surface area contributed by atoms with E-state index < -0.39 is 24.3 Å². The number of hydrogen-bond acceptors (Lipinski definition) is 4. The number of carbonyl (C=O) groups is 1. The molecule has 0 amide bonds. The highest BCUT2D eigenvalue weighted by Crippen LogP contribution is 2.27. The number of benzene rings is 1. The van der Waals surface area contributed by atoms with E-state index in [1.807, 2.05) is 0 Å². The van der Waals surface area contributed by atoms with Crippen molar-refractivity contribution in [3.05, 3.63) is 35.9 Å². The highest BCUT2D eigenvalue weighted by Gasteiger charge is 2.47. The topological polar surface area (TPSA) is 61.5 Å². The Morgan fingerprint density at radius 1 is 1.29 bits per heavy atom. The van der Waals surface area contributed by atoms with Crippen LogP contribution in [0.2, 0.25) is 0 Å². The minimum atomic E-state index is -4.73. The van der Waals surface area contributed by atoms with Crippen LogP contribution >= 0.6 is 0 Å². The lowest BCUT2D eigenvalue weighted by Gasteiger charge is -2.24. The van der Waals surface area contributed by atoms with E-state index in [1.165, 1.54) is 0 Å². The first-order valence-electron chi connectivity index (χ1n) is 6.56. The first-order chi connectivity index (χ1) is 9.88. The fraction of sp³-hybridized carbons (Fsp3) is 0.500. The Bertz CT molecular complexity index is 474. The van der Waals surface area contributed by atoms with Crippen molar-refractivity contribution in [2.75, 3.05) is 0 Å². The molecule has 4 nitrogen and oxygen atoms in total. The lowest BCUT2D eigenvalue weighted by atomic mass is 10.1. The summed E-state index contributed by atoms with van der Waals surface area (Å²) in [5.41, 5.74) is 5.75. The molecule has 0 bridgehead atoms. The molecule has 0 spiro atoms. The number of hydrogen-bond donors (Lipinski definition) is 1. The van der Waals surface area contributed by atoms with Crippen molar-refractivity contribution in [1.82, 2.24) is 0 Å². The molecule has 2 N–H and O–H groups in total. The smallest absolute Gasteiger partial charge is 0.406 e. The Morgan fingerprint density at radius 2 is 1.90 bits per heavy atom. The minimum absolute atomic E-state index is 0.144. The third-order valence-electron chi connectivity index (χ3n) is 3.02. The molecule has 1 aromatic rings. The zero-order chi connectivity index (χ0) is 15.5. The average Bonchev–Trinajstić information content (AvgIpc) is 3.23. The molecule has 1 fully saturated rings. The highest BCUT2D eigenvalue weighted by molar-refractivity contribution is 5.76. The van der Waals surface area contributed by atoms with Gasteiger partial charge in [0.2, 0.25) is 0 Å². The summed E-state index contributed by atoms with van der Waals surface area (Å²) in [6.07, 6.45) is -5.56. The molecular weight excluding hydrogens is 287 g/mol. The molecular formula is C14H16F3NO3. The largest absolute Gasteiger partial charge is 0.460 e. The van der Waals surface area contributed by atoms with Crippen molar-refractivity contribution < 1.29 is 27.4 Å². The Morgan fingerprint density at radius 3 is 2.43 bits per heavy atom. The molecule has 1 saturated carbocycles. The van der Waals surface area contributed by atoms with Gasteiger partial charge in [0, 0.05) is 0 Å². The van der Waals surface area contributed by atoms with E-state index >= 15 is 0 Å². The number of ether oxygens (including phenoxy) is 2. The van der Waals surface area contributed by atoms with Crippen LogP contribution in [-0.2, 0) is 20.9 Å². The molecule has 1 aliphatic rings. The number of carbonyl (C=O) groups excluding carboxylic acids is 1. The standard InChI is InChI=1S/C14H16F3NO3/c15-14(16,17)12(18)11(13(19)21-10-6-7-10)20-8-9-4-2-1-3-5-9/h1-5,10-12H,6-8,18H2/t11-,12-/m1/s1. The molecule has 0 aromatic heterocycles. The molecule has 2 atom stereocenters. The molecule has 0 heterocycles. The quantitative estimate of drug-likeness (QED) is 0.818. The predicted molar refractivity (Wildman–Crippen MR) is 68.2 cm³/mol. The Labute approximate surface area is 120 Å². The number of rotatable bonds is 6. The van der Waals surface area contributed by atoms with E-state index in [-0.39, 0.29) is 12.7 Å². The van der Waals surface area contributed by atoms with Crippen molar-refractivity contribution in [1.29, 1.82) is 0 Å². The number of halogens is 3. The fourth-order valence-corrected chi connectivity index (χ4v) is 1.67. The van der Waals surface area contributed by atoms with Crippen LogP contribution in [0.25, 0.3) is 0 Å². The van der Waals surface area contributed by atoms with Gasteiger partial charge >= 0.3 is 12.1 Å². The van der Waals surface area contributed by atoms with Gasteiger partial charge in [0.25, 0.3) is 0 Å². The second kappa shape index (κ2) is 6.44. The summed E-state index contributed by atoms with van der Waals surface area (Å²) in [7, 11) is 0. The molecule has 0 unspecified atom stereocenters. The van der Waals surface area contributed by atoms with Crippen LogP contribution in [-0.4, -0.2) is 30.4 Å². The molecule has 0 radical (unpaired) electrons. The average molecular weight is 303 g/mol. The van der Waals surface area contributed by atoms with E-state index in [1.54, 1.807) is 30.3 Å². The Hall–Kier alpha value is -1.60. The van der Waals surface area contributed by atoms with Crippen molar-refractivity contribution in [3.63, 3.8) is 0 Å². The molecule has 0 saturated heterocycles. The van der Waals surface area contributed by atoms with Crippen molar-refractivity contribution in [2.45, 2.75) is 43.9 Å². The van der Waals surface area contributed by atoms with E-state index in [0.29, 0.717) is 18.4 Å². The molecule has 7 heteroatoms. The van der Waals surface area contributed by atoms with Gasteiger partial charge in [-0.05, 0) is 18.4 Å². The van der Waals surface area contributed by atoms with Crippen LogP contribution in [0.15, 0.2) is 30.3 Å². The normalized spacial score (nSPS) is 18.1. The van der Waals surface area contributed by atoms with Gasteiger partial charge in [-0.2, -0.15) is 13.2 Å². The molecule has 1 aromatic carbocycles. The zero-order valence-electron chi connectivity index (χ0n) is 11.2. The molecule has 116 valence electrons. The third kappa shape index (κ3) is 4.71. The lowest BCUT2D eigenvalue weighted by Crippen LogP contribution is -2.52. The summed E-state index contributed by atoms with van der Waals surface area (Å²) in [6.45, 7) is -0.144. The van der Waals surface area contributed by atoms with Crippen LogP contribution < -0.4 is 5.73 Å². The van der Waals surface area contributed by atoms with E-state index in [2.05, 4.69) is 0 Å². The van der Waals surface area contributed by atoms with E-state index in [9.17, 15) is 18.0 Å². The summed E-state index contributed by atoms with van der Waals surface area (Å²) >= 11 is 0. The van der Waals surface area contributed by atoms with Crippen molar-refractivity contribution in [3.8, 4) is 0 Å². The Balaban J connectivity index is 2.01. The van der Waals surface area contributed by atoms with Crippen molar-refractivity contribution >= 4 is 5.97 Å². The highest BCUT2D eigenvalue weighted by atomic mass is 19.4. The second-order valence-corrected chi connectivity index (χ2v) is 4.92. The van der Waals surface area contributed by atoms with E-state index in [4.69, 9.17) is 15.2 Å². The van der Waals surface area contributed by atoms with Gasteiger partial charge in [-0.3, -0.25) is 0 Å². The maximum atomic E-state index is 12.7. The van der Waals surface area contributed by atoms with Gasteiger partial charge in [-0.15, -0.1) is 0 Å². The fourth-order valence-electron chi connectivity index (χ4n) is 1.67. The maximum Gasteiger partial charge on any atom is 0.406 e. The predicted octanol–water partition coefficient (Wildman–Crippen LogP) is 2.17. The summed E-state index contributed by atoms with van der Waals surface area (Å²) in [5, 5.41) is 0. The van der Waals surface area contributed by atoms with Crippen LogP contribution in [0.4, 0.5) is 13.2 Å². The van der Waals surface area contributed by atoms with E-state index in [0.717, 1.165) is 0 Å². The number of esters is 1. The minimum Gasteiger partial charge on any atom is -0.460 e. The van der Waals surface area contributed by atoms with Gasteiger partial charge in [0.05, 0.1) is 6.61 Å². The summed E-state index contributed by atoms with van der Waals surface area (Å²) in [5.74, 6) is -1.06. The molecule has 2 rings (SSSR count). The Kier molecular flexibility index (Phi) is 4.84.